The van der Waals surface area contributed by atoms with E-state index in [1.54, 1.807) is 0 Å². The maximum absolute atomic E-state index is 13.3. The van der Waals surface area contributed by atoms with E-state index in [2.05, 4.69) is 10.2 Å². The highest BCUT2D eigenvalue weighted by molar-refractivity contribution is 5.96. The average Bonchev–Trinajstić information content (AvgIpc) is 2.66. The smallest absolute Gasteiger partial charge is 0.246 e. The molecule has 0 bridgehead atoms. The number of carbonyl (C=O) groups is 2. The van der Waals surface area contributed by atoms with Gasteiger partial charge in [-0.3, -0.25) is 14.5 Å². The van der Waals surface area contributed by atoms with Crippen molar-refractivity contribution in [1.29, 1.82) is 0 Å². The van der Waals surface area contributed by atoms with Gasteiger partial charge in [0.2, 0.25) is 11.8 Å². The van der Waals surface area contributed by atoms with Crippen molar-refractivity contribution in [2.75, 3.05) is 18.4 Å². The number of carbonyl (C=O) groups excluding carboxylic acids is 2. The molecule has 0 unspecified atom stereocenters. The van der Waals surface area contributed by atoms with E-state index in [-0.39, 0.29) is 17.7 Å². The summed E-state index contributed by atoms with van der Waals surface area (Å²) in [5.74, 6) is -0.583. The first-order valence-electron chi connectivity index (χ1n) is 9.42. The highest BCUT2D eigenvalue weighted by Crippen LogP contribution is 2.29. The molecule has 0 aromatic heterocycles. The molecule has 1 fully saturated rings. The van der Waals surface area contributed by atoms with Gasteiger partial charge in [-0.2, -0.15) is 0 Å². The Morgan fingerprint density at radius 3 is 2.59 bits per heavy atom. The first kappa shape index (κ1) is 19.1. The Balaban J connectivity index is 1.89. The molecule has 0 radical (unpaired) electrons. The average molecular weight is 365 g/mol. The van der Waals surface area contributed by atoms with Gasteiger partial charge in [-0.25, -0.2) is 0 Å². The van der Waals surface area contributed by atoms with Gasteiger partial charge in [0.15, 0.2) is 0 Å². The van der Waals surface area contributed by atoms with Crippen molar-refractivity contribution in [3.63, 3.8) is 0 Å². The summed E-state index contributed by atoms with van der Waals surface area (Å²) in [4.78, 5) is 27.1. The number of anilines is 1. The molecule has 0 aliphatic carbocycles. The van der Waals surface area contributed by atoms with Crippen molar-refractivity contribution in [3.8, 4) is 0 Å². The Labute approximate surface area is 160 Å². The number of likely N-dealkylation sites (tertiary alicyclic amines) is 1. The van der Waals surface area contributed by atoms with Crippen LogP contribution in [0.5, 0.6) is 0 Å². The second-order valence-corrected chi connectivity index (χ2v) is 7.36. The highest BCUT2D eigenvalue weighted by Gasteiger charge is 2.33. The maximum atomic E-state index is 13.3. The van der Waals surface area contributed by atoms with Crippen LogP contribution < -0.4 is 11.1 Å². The van der Waals surface area contributed by atoms with Crippen LogP contribution in [0.3, 0.4) is 0 Å². The van der Waals surface area contributed by atoms with Gasteiger partial charge in [-0.05, 0) is 56.0 Å². The van der Waals surface area contributed by atoms with Crippen LogP contribution >= 0.6 is 0 Å². The lowest BCUT2D eigenvalue weighted by Gasteiger charge is -2.36. The summed E-state index contributed by atoms with van der Waals surface area (Å²) < 4.78 is 0. The number of benzene rings is 2. The molecule has 3 rings (SSSR count). The van der Waals surface area contributed by atoms with Crippen molar-refractivity contribution in [3.05, 3.63) is 65.2 Å². The predicted octanol–water partition coefficient (Wildman–Crippen LogP) is 3.18. The second kappa shape index (κ2) is 8.35. The number of nitrogens with one attached hydrogen (secondary N) is 1. The third kappa shape index (κ3) is 4.55. The van der Waals surface area contributed by atoms with E-state index in [9.17, 15) is 9.59 Å². The molecule has 0 saturated carbocycles. The molecule has 27 heavy (non-hydrogen) atoms. The molecule has 2 aromatic rings. The van der Waals surface area contributed by atoms with Crippen LogP contribution in [0.2, 0.25) is 0 Å². The zero-order chi connectivity index (χ0) is 19.4. The normalized spacial score (nSPS) is 18.7. The molecule has 1 aliphatic rings. The molecule has 3 N–H and O–H groups in total. The number of hydrogen-bond acceptors (Lipinski definition) is 3. The number of primary amides is 1. The largest absolute Gasteiger partial charge is 0.369 e. The first-order chi connectivity index (χ1) is 13.0. The summed E-state index contributed by atoms with van der Waals surface area (Å²) in [5.41, 5.74) is 9.40. The summed E-state index contributed by atoms with van der Waals surface area (Å²) >= 11 is 0. The van der Waals surface area contributed by atoms with Crippen LogP contribution in [0.25, 0.3) is 0 Å². The third-order valence-electron chi connectivity index (χ3n) is 5.23. The molecule has 2 amide bonds. The fourth-order valence-corrected chi connectivity index (χ4v) is 3.71. The Hall–Kier alpha value is -2.66. The van der Waals surface area contributed by atoms with Gasteiger partial charge < -0.3 is 11.1 Å². The summed E-state index contributed by atoms with van der Waals surface area (Å²) in [6, 6.07) is 15.3. The number of nitrogens with two attached hydrogens (primary N) is 1. The van der Waals surface area contributed by atoms with Gasteiger partial charge in [0.1, 0.15) is 6.04 Å². The number of piperidine rings is 1. The fourth-order valence-electron chi connectivity index (χ4n) is 3.71. The SMILES string of the molecule is Cc1ccc(C)c(NC(=O)[C@@H](c2ccccc2)N2CCC[C@H](C(N)=O)C2)c1. The maximum Gasteiger partial charge on any atom is 0.246 e. The lowest BCUT2D eigenvalue weighted by atomic mass is 9.94. The van der Waals surface area contributed by atoms with E-state index in [0.717, 1.165) is 41.8 Å². The van der Waals surface area contributed by atoms with Gasteiger partial charge in [-0.15, -0.1) is 0 Å². The van der Waals surface area contributed by atoms with Crippen LogP contribution in [0.15, 0.2) is 48.5 Å². The van der Waals surface area contributed by atoms with E-state index in [1.807, 2.05) is 62.4 Å². The van der Waals surface area contributed by atoms with Crippen LogP contribution in [0, 0.1) is 19.8 Å². The van der Waals surface area contributed by atoms with Gasteiger partial charge in [-0.1, -0.05) is 42.5 Å². The zero-order valence-electron chi connectivity index (χ0n) is 15.9. The van der Waals surface area contributed by atoms with Crippen molar-refractivity contribution in [2.45, 2.75) is 32.7 Å². The van der Waals surface area contributed by atoms with Gasteiger partial charge in [0.25, 0.3) is 0 Å². The summed E-state index contributed by atoms with van der Waals surface area (Å²) in [7, 11) is 0. The first-order valence-corrected chi connectivity index (χ1v) is 9.42. The minimum absolute atomic E-state index is 0.0833. The van der Waals surface area contributed by atoms with Crippen LogP contribution in [0.1, 0.15) is 35.6 Å². The number of nitrogens with zero attached hydrogens (tertiary/aromatic N) is 1. The minimum atomic E-state index is -0.451. The molecular formula is C22H27N3O2. The minimum Gasteiger partial charge on any atom is -0.369 e. The molecule has 1 saturated heterocycles. The lowest BCUT2D eigenvalue weighted by molar-refractivity contribution is -0.127. The van der Waals surface area contributed by atoms with E-state index in [0.29, 0.717) is 6.54 Å². The van der Waals surface area contributed by atoms with Gasteiger partial charge >= 0.3 is 0 Å². The Morgan fingerprint density at radius 2 is 1.89 bits per heavy atom. The lowest BCUT2D eigenvalue weighted by Crippen LogP contribution is -2.46. The van der Waals surface area contributed by atoms with Crippen LogP contribution in [-0.2, 0) is 9.59 Å². The fraction of sp³-hybridized carbons (Fsp3) is 0.364. The second-order valence-electron chi connectivity index (χ2n) is 7.36. The summed E-state index contributed by atoms with van der Waals surface area (Å²) in [6.45, 7) is 5.27. The molecule has 142 valence electrons. The molecular weight excluding hydrogens is 338 g/mol. The van der Waals surface area contributed by atoms with E-state index >= 15 is 0 Å². The Kier molecular flexibility index (Phi) is 5.91. The third-order valence-corrected chi connectivity index (χ3v) is 5.23. The molecule has 1 heterocycles. The van der Waals surface area contributed by atoms with Crippen LogP contribution in [-0.4, -0.2) is 29.8 Å². The number of rotatable bonds is 5. The van der Waals surface area contributed by atoms with Gasteiger partial charge in [0, 0.05) is 12.2 Å². The number of aryl methyl sites for hydroxylation is 2. The molecule has 5 heteroatoms. The topological polar surface area (TPSA) is 75.4 Å². The van der Waals surface area contributed by atoms with Crippen molar-refractivity contribution >= 4 is 17.5 Å². The quantitative estimate of drug-likeness (QED) is 0.854. The molecule has 5 nitrogen and oxygen atoms in total. The predicted molar refractivity (Wildman–Crippen MR) is 107 cm³/mol. The van der Waals surface area contributed by atoms with Crippen molar-refractivity contribution in [1.82, 2.24) is 4.90 Å². The van der Waals surface area contributed by atoms with Gasteiger partial charge in [0.05, 0.1) is 5.92 Å². The van der Waals surface area contributed by atoms with E-state index < -0.39 is 6.04 Å². The van der Waals surface area contributed by atoms with E-state index in [4.69, 9.17) is 5.73 Å². The zero-order valence-corrected chi connectivity index (χ0v) is 15.9. The summed E-state index contributed by atoms with van der Waals surface area (Å²) in [6.07, 6.45) is 1.64. The number of amides is 2. The van der Waals surface area contributed by atoms with Crippen molar-refractivity contribution in [2.24, 2.45) is 11.7 Å². The Morgan fingerprint density at radius 1 is 1.15 bits per heavy atom. The molecule has 0 spiro atoms. The van der Waals surface area contributed by atoms with Crippen molar-refractivity contribution < 1.29 is 9.59 Å². The van der Waals surface area contributed by atoms with E-state index in [1.165, 1.54) is 0 Å². The molecule has 2 aromatic carbocycles. The highest BCUT2D eigenvalue weighted by atomic mass is 16.2. The molecule has 1 aliphatic heterocycles. The monoisotopic (exact) mass is 365 g/mol. The molecule has 2 atom stereocenters. The number of hydrogen-bond donors (Lipinski definition) is 2. The Bertz CT molecular complexity index is 820. The standard InChI is InChI=1S/C22H27N3O2/c1-15-10-11-16(2)19(13-15)24-22(27)20(17-7-4-3-5-8-17)25-12-6-9-18(14-25)21(23)26/h3-5,7-8,10-11,13,18,20H,6,9,12,14H2,1-2H3,(H2,23,26)(H,24,27)/t18-,20+/m0/s1. The summed E-state index contributed by atoms with van der Waals surface area (Å²) in [5, 5.41) is 3.09. The van der Waals surface area contributed by atoms with Crippen LogP contribution in [0.4, 0.5) is 5.69 Å².